The molecule has 2 amide bonds. The Kier molecular flexibility index (Phi) is 10.7. The van der Waals surface area contributed by atoms with Crippen molar-refractivity contribution in [2.45, 2.75) is 96.8 Å². The highest BCUT2D eigenvalue weighted by molar-refractivity contribution is 5.99. The molecule has 4 rings (SSSR count). The minimum absolute atomic E-state index is 0.00955. The average Bonchev–Trinajstić information content (AvgIpc) is 3.63. The molecule has 1 N–H and O–H groups in total. The summed E-state index contributed by atoms with van der Waals surface area (Å²) in [7, 11) is 0. The second-order valence-corrected chi connectivity index (χ2v) is 13.4. The van der Waals surface area contributed by atoms with Gasteiger partial charge in [0.25, 0.3) is 0 Å². The zero-order chi connectivity index (χ0) is 36.4. The second kappa shape index (κ2) is 14.1. The molecule has 0 radical (unpaired) electrons. The molecule has 49 heavy (non-hydrogen) atoms. The van der Waals surface area contributed by atoms with Gasteiger partial charge in [0, 0.05) is 12.1 Å². The summed E-state index contributed by atoms with van der Waals surface area (Å²) in [6.07, 6.45) is -10.2. The SMILES string of the molecule is CC(C)(C)OC(=O)/N=C(\NC(=O)OC(C)(C)C)N1CCC[C@H]1c1nc(-c2ccc(CCc3ccc(C(F)(F)F)cc3)c(C(F)(F)F)c2)no1. The summed E-state index contributed by atoms with van der Waals surface area (Å²) in [5.41, 5.74) is -3.12. The molecule has 2 heterocycles. The highest BCUT2D eigenvalue weighted by Gasteiger charge is 2.37. The summed E-state index contributed by atoms with van der Waals surface area (Å²) < 4.78 is 97.2. The van der Waals surface area contributed by atoms with E-state index >= 15 is 0 Å². The number of halogens is 6. The number of aryl methyl sites for hydroxylation is 2. The third-order valence-electron chi connectivity index (χ3n) is 7.09. The van der Waals surface area contributed by atoms with Gasteiger partial charge in [-0.05, 0) is 96.6 Å². The second-order valence-electron chi connectivity index (χ2n) is 13.4. The molecule has 1 fully saturated rings. The van der Waals surface area contributed by atoms with Crippen LogP contribution in [0.15, 0.2) is 52.0 Å². The summed E-state index contributed by atoms with van der Waals surface area (Å²) >= 11 is 0. The van der Waals surface area contributed by atoms with E-state index in [0.717, 1.165) is 18.2 Å². The van der Waals surface area contributed by atoms with E-state index in [-0.39, 0.29) is 41.6 Å². The number of aliphatic imine (C=N–C) groups is 1. The molecule has 0 saturated carbocycles. The molecule has 3 aromatic rings. The van der Waals surface area contributed by atoms with Gasteiger partial charge >= 0.3 is 24.5 Å². The number of benzene rings is 2. The van der Waals surface area contributed by atoms with Crippen LogP contribution < -0.4 is 5.32 Å². The summed E-state index contributed by atoms with van der Waals surface area (Å²) in [6.45, 7) is 10.2. The number of carbonyl (C=O) groups excluding carboxylic acids is 2. The number of hydrogen-bond donors (Lipinski definition) is 1. The molecule has 0 bridgehead atoms. The lowest BCUT2D eigenvalue weighted by Gasteiger charge is -2.27. The molecule has 0 aliphatic carbocycles. The maximum atomic E-state index is 14.2. The molecule has 10 nitrogen and oxygen atoms in total. The number of alkyl halides is 6. The fraction of sp³-hybridized carbons (Fsp3) is 0.485. The molecule has 266 valence electrons. The first kappa shape index (κ1) is 37.2. The largest absolute Gasteiger partial charge is 0.444 e. The van der Waals surface area contributed by atoms with Crippen molar-refractivity contribution in [1.29, 1.82) is 0 Å². The highest BCUT2D eigenvalue weighted by atomic mass is 19.4. The first-order valence-electron chi connectivity index (χ1n) is 15.4. The number of amides is 2. The van der Waals surface area contributed by atoms with Gasteiger partial charge in [-0.1, -0.05) is 29.4 Å². The maximum Gasteiger partial charge on any atom is 0.437 e. The van der Waals surface area contributed by atoms with E-state index in [9.17, 15) is 35.9 Å². The summed E-state index contributed by atoms with van der Waals surface area (Å²) in [4.78, 5) is 35.1. The van der Waals surface area contributed by atoms with Gasteiger partial charge in [-0.3, -0.25) is 5.32 Å². The number of hydrogen-bond acceptors (Lipinski definition) is 7. The van der Waals surface area contributed by atoms with E-state index < -0.39 is 52.9 Å². The Labute approximate surface area is 278 Å². The van der Waals surface area contributed by atoms with Gasteiger partial charge in [-0.15, -0.1) is 4.99 Å². The molecule has 1 aliphatic heterocycles. The van der Waals surface area contributed by atoms with Crippen LogP contribution in [0.4, 0.5) is 35.9 Å². The van der Waals surface area contributed by atoms with Gasteiger partial charge < -0.3 is 18.9 Å². The first-order valence-corrected chi connectivity index (χ1v) is 15.4. The van der Waals surface area contributed by atoms with Crippen molar-refractivity contribution < 1.29 is 49.9 Å². The quantitative estimate of drug-likeness (QED) is 0.160. The van der Waals surface area contributed by atoms with Gasteiger partial charge in [-0.2, -0.15) is 31.3 Å². The Balaban J connectivity index is 1.58. The zero-order valence-electron chi connectivity index (χ0n) is 27.8. The lowest BCUT2D eigenvalue weighted by Crippen LogP contribution is -2.46. The average molecular weight is 698 g/mol. The number of carbonyl (C=O) groups is 2. The van der Waals surface area contributed by atoms with Gasteiger partial charge in [0.15, 0.2) is 0 Å². The van der Waals surface area contributed by atoms with Crippen molar-refractivity contribution >= 4 is 18.1 Å². The number of alkyl carbamates (subject to hydrolysis) is 1. The number of nitrogens with one attached hydrogen (secondary N) is 1. The Bertz CT molecular complexity index is 1670. The van der Waals surface area contributed by atoms with Crippen molar-refractivity contribution in [1.82, 2.24) is 20.4 Å². The van der Waals surface area contributed by atoms with Crippen LogP contribution in [0.2, 0.25) is 0 Å². The minimum Gasteiger partial charge on any atom is -0.444 e. The smallest absolute Gasteiger partial charge is 0.437 e. The predicted molar refractivity (Wildman–Crippen MR) is 165 cm³/mol. The molecule has 1 aliphatic rings. The Morgan fingerprint density at radius 3 is 2.16 bits per heavy atom. The lowest BCUT2D eigenvalue weighted by atomic mass is 9.97. The lowest BCUT2D eigenvalue weighted by molar-refractivity contribution is -0.138. The Morgan fingerprint density at radius 2 is 1.57 bits per heavy atom. The highest BCUT2D eigenvalue weighted by Crippen LogP contribution is 2.37. The number of ether oxygens (including phenoxy) is 2. The van der Waals surface area contributed by atoms with Crippen LogP contribution in [0, 0.1) is 0 Å². The molecule has 1 aromatic heterocycles. The molecular formula is C33H37F6N5O5. The molecule has 16 heteroatoms. The van der Waals surface area contributed by atoms with Gasteiger partial charge in [0.1, 0.15) is 17.2 Å². The van der Waals surface area contributed by atoms with E-state index in [1.807, 2.05) is 0 Å². The first-order chi connectivity index (χ1) is 22.6. The standard InChI is InChI=1S/C33H37F6N5O5/c1-30(2,3)47-28(45)41-27(42-29(46)48-31(4,5)6)44-17-7-8-24(44)26-40-25(43-49-26)21-14-13-20(23(18-21)33(37,38)39)12-9-19-10-15-22(16-11-19)32(34,35)36/h10-11,13-16,18,24H,7-9,12,17H2,1-6H3,(H,41,42,45,46)/t24-/m0/s1. The van der Waals surface area contributed by atoms with Gasteiger partial charge in [0.05, 0.1) is 11.1 Å². The third kappa shape index (κ3) is 10.4. The topological polar surface area (TPSA) is 119 Å². The van der Waals surface area contributed by atoms with E-state index in [1.54, 1.807) is 41.5 Å². The van der Waals surface area contributed by atoms with Crippen molar-refractivity contribution in [2.75, 3.05) is 6.54 Å². The molecule has 0 unspecified atom stereocenters. The normalized spacial score (nSPS) is 16.1. The predicted octanol–water partition coefficient (Wildman–Crippen LogP) is 8.51. The number of guanidine groups is 1. The summed E-state index contributed by atoms with van der Waals surface area (Å²) in [5.74, 6) is -0.315. The molecule has 2 aromatic carbocycles. The Hall–Kier alpha value is -4.63. The number of rotatable bonds is 5. The fourth-order valence-electron chi connectivity index (χ4n) is 5.03. The van der Waals surface area contributed by atoms with Crippen LogP contribution in [-0.2, 0) is 34.7 Å². The van der Waals surface area contributed by atoms with Crippen LogP contribution in [0.3, 0.4) is 0 Å². The molecule has 1 saturated heterocycles. The number of likely N-dealkylation sites (tertiary alicyclic amines) is 1. The van der Waals surface area contributed by atoms with E-state index in [4.69, 9.17) is 14.0 Å². The van der Waals surface area contributed by atoms with Crippen LogP contribution in [0.1, 0.15) is 88.6 Å². The molecule has 1 atom stereocenters. The van der Waals surface area contributed by atoms with E-state index in [2.05, 4.69) is 20.4 Å². The molecule has 0 spiro atoms. The van der Waals surface area contributed by atoms with Crippen molar-refractivity contribution in [3.8, 4) is 11.4 Å². The van der Waals surface area contributed by atoms with Gasteiger partial charge in [0.2, 0.25) is 17.7 Å². The number of nitrogens with zero attached hydrogens (tertiary/aromatic N) is 4. The fourth-order valence-corrected chi connectivity index (χ4v) is 5.03. The van der Waals surface area contributed by atoms with Crippen molar-refractivity contribution in [3.63, 3.8) is 0 Å². The van der Waals surface area contributed by atoms with Crippen LogP contribution in [0.25, 0.3) is 11.4 Å². The maximum absolute atomic E-state index is 14.2. The van der Waals surface area contributed by atoms with Gasteiger partial charge in [-0.25, -0.2) is 9.59 Å². The number of aromatic nitrogens is 2. The van der Waals surface area contributed by atoms with E-state index in [0.29, 0.717) is 24.9 Å². The van der Waals surface area contributed by atoms with Crippen molar-refractivity contribution in [3.05, 3.63) is 70.6 Å². The van der Waals surface area contributed by atoms with Crippen LogP contribution >= 0.6 is 0 Å². The summed E-state index contributed by atoms with van der Waals surface area (Å²) in [5, 5.41) is 6.39. The Morgan fingerprint density at radius 1 is 0.918 bits per heavy atom. The van der Waals surface area contributed by atoms with Crippen LogP contribution in [-0.4, -0.2) is 50.9 Å². The van der Waals surface area contributed by atoms with Crippen LogP contribution in [0.5, 0.6) is 0 Å². The van der Waals surface area contributed by atoms with E-state index in [1.165, 1.54) is 29.2 Å². The molecular weight excluding hydrogens is 660 g/mol. The monoisotopic (exact) mass is 697 g/mol. The zero-order valence-corrected chi connectivity index (χ0v) is 27.8. The van der Waals surface area contributed by atoms with Crippen molar-refractivity contribution in [2.24, 2.45) is 4.99 Å². The summed E-state index contributed by atoms with van der Waals surface area (Å²) in [6, 6.07) is 7.12. The third-order valence-corrected chi connectivity index (χ3v) is 7.09. The minimum atomic E-state index is -4.75.